The van der Waals surface area contributed by atoms with Gasteiger partial charge in [0, 0.05) is 10.3 Å². The van der Waals surface area contributed by atoms with Gasteiger partial charge < -0.3 is 5.73 Å². The number of carbonyl (C=O) groups is 2. The molecule has 2 amide bonds. The highest BCUT2D eigenvalue weighted by Gasteiger charge is 2.15. The van der Waals surface area contributed by atoms with Gasteiger partial charge in [-0.2, -0.15) is 0 Å². The fourth-order valence-corrected chi connectivity index (χ4v) is 4.56. The number of thiazole rings is 1. The molecule has 2 heterocycles. The zero-order chi connectivity index (χ0) is 17.8. The Bertz CT molecular complexity index is 923. The first-order chi connectivity index (χ1) is 12.0. The molecule has 0 bridgehead atoms. The van der Waals surface area contributed by atoms with E-state index in [1.165, 1.54) is 34.4 Å². The molecule has 0 aliphatic carbocycles. The summed E-state index contributed by atoms with van der Waals surface area (Å²) in [5.41, 5.74) is 6.42. The van der Waals surface area contributed by atoms with Crippen LogP contribution in [0.1, 0.15) is 10.4 Å². The van der Waals surface area contributed by atoms with Gasteiger partial charge in [-0.15, -0.1) is 34.4 Å². The Morgan fingerprint density at radius 1 is 1.24 bits per heavy atom. The van der Waals surface area contributed by atoms with E-state index in [-0.39, 0.29) is 11.7 Å². The van der Waals surface area contributed by atoms with Gasteiger partial charge >= 0.3 is 0 Å². The number of rotatable bonds is 6. The highest BCUT2D eigenvalue weighted by atomic mass is 35.5. The number of anilines is 1. The lowest BCUT2D eigenvalue weighted by molar-refractivity contribution is -0.115. The van der Waals surface area contributed by atoms with Crippen molar-refractivity contribution in [2.24, 2.45) is 5.73 Å². The Labute approximate surface area is 161 Å². The van der Waals surface area contributed by atoms with E-state index in [4.69, 9.17) is 17.3 Å². The van der Waals surface area contributed by atoms with E-state index in [2.05, 4.69) is 10.3 Å². The molecular formula is C16H12ClN3O2S3. The van der Waals surface area contributed by atoms with Crippen molar-refractivity contribution in [1.29, 1.82) is 0 Å². The number of nitrogens with zero attached hydrogens (tertiary/aromatic N) is 1. The highest BCUT2D eigenvalue weighted by Crippen LogP contribution is 2.33. The van der Waals surface area contributed by atoms with Crippen LogP contribution in [-0.4, -0.2) is 22.6 Å². The third-order valence-corrected chi connectivity index (χ3v) is 6.16. The van der Waals surface area contributed by atoms with Gasteiger partial charge in [0.15, 0.2) is 5.13 Å². The van der Waals surface area contributed by atoms with Crippen molar-refractivity contribution in [3.8, 4) is 10.6 Å². The number of thioether (sulfide) groups is 1. The van der Waals surface area contributed by atoms with Crippen LogP contribution in [0.2, 0.25) is 4.34 Å². The van der Waals surface area contributed by atoms with Gasteiger partial charge in [0.1, 0.15) is 0 Å². The Kier molecular flexibility index (Phi) is 5.74. The first-order valence-corrected chi connectivity index (χ1v) is 10.1. The summed E-state index contributed by atoms with van der Waals surface area (Å²) in [6.07, 6.45) is 0. The summed E-state index contributed by atoms with van der Waals surface area (Å²) in [6.45, 7) is 0. The van der Waals surface area contributed by atoms with Gasteiger partial charge in [-0.3, -0.25) is 14.9 Å². The SMILES string of the molecule is NC(=O)CSc1ccccc1C(=O)Nc1nc(-c2ccc(Cl)s2)cs1. The first kappa shape index (κ1) is 17.9. The minimum absolute atomic E-state index is 0.116. The molecular weight excluding hydrogens is 398 g/mol. The second-order valence-electron chi connectivity index (χ2n) is 4.85. The van der Waals surface area contributed by atoms with Gasteiger partial charge in [-0.05, 0) is 24.3 Å². The van der Waals surface area contributed by atoms with E-state index in [9.17, 15) is 9.59 Å². The number of halogens is 1. The molecule has 0 aliphatic rings. The van der Waals surface area contributed by atoms with Crippen molar-refractivity contribution in [3.05, 3.63) is 51.7 Å². The quantitative estimate of drug-likeness (QED) is 0.592. The van der Waals surface area contributed by atoms with E-state index in [1.54, 1.807) is 18.2 Å². The van der Waals surface area contributed by atoms with E-state index in [0.29, 0.717) is 19.9 Å². The predicted molar refractivity (Wildman–Crippen MR) is 105 cm³/mol. The van der Waals surface area contributed by atoms with Crippen LogP contribution < -0.4 is 11.1 Å². The number of carbonyl (C=O) groups excluding carboxylic acids is 2. The Morgan fingerprint density at radius 2 is 2.04 bits per heavy atom. The van der Waals surface area contributed by atoms with E-state index < -0.39 is 5.91 Å². The number of hydrogen-bond donors (Lipinski definition) is 2. The summed E-state index contributed by atoms with van der Waals surface area (Å²) >= 11 is 9.94. The maximum Gasteiger partial charge on any atom is 0.258 e. The summed E-state index contributed by atoms with van der Waals surface area (Å²) in [5.74, 6) is -0.595. The number of primary amides is 1. The Balaban J connectivity index is 1.75. The second-order valence-corrected chi connectivity index (χ2v) is 8.44. The number of nitrogens with two attached hydrogens (primary N) is 1. The third kappa shape index (κ3) is 4.60. The average molecular weight is 410 g/mol. The lowest BCUT2D eigenvalue weighted by atomic mass is 10.2. The minimum atomic E-state index is -0.431. The molecule has 3 aromatic rings. The molecule has 0 spiro atoms. The number of aromatic nitrogens is 1. The van der Waals surface area contributed by atoms with E-state index in [1.807, 2.05) is 23.6 Å². The van der Waals surface area contributed by atoms with Crippen LogP contribution in [0.5, 0.6) is 0 Å². The Hall–Kier alpha value is -1.87. The average Bonchev–Trinajstić information content (AvgIpc) is 3.22. The molecule has 5 nitrogen and oxygen atoms in total. The van der Waals surface area contributed by atoms with Gasteiger partial charge in [-0.25, -0.2) is 4.98 Å². The van der Waals surface area contributed by atoms with Gasteiger partial charge in [-0.1, -0.05) is 23.7 Å². The normalized spacial score (nSPS) is 10.6. The highest BCUT2D eigenvalue weighted by molar-refractivity contribution is 8.00. The van der Waals surface area contributed by atoms with Crippen LogP contribution in [0.15, 0.2) is 46.7 Å². The molecule has 0 aliphatic heterocycles. The molecule has 9 heteroatoms. The fourth-order valence-electron chi connectivity index (χ4n) is 1.99. The molecule has 0 radical (unpaired) electrons. The van der Waals surface area contributed by atoms with Crippen LogP contribution in [0.4, 0.5) is 5.13 Å². The van der Waals surface area contributed by atoms with Crippen LogP contribution in [-0.2, 0) is 4.79 Å². The molecule has 0 saturated carbocycles. The standard InChI is InChI=1S/C16H12ClN3O2S3/c17-13-6-5-12(25-13)10-7-24-16(19-10)20-15(22)9-3-1-2-4-11(9)23-8-14(18)21/h1-7H,8H2,(H2,18,21)(H,19,20,22). The van der Waals surface area contributed by atoms with Crippen molar-refractivity contribution >= 4 is 63.0 Å². The molecule has 0 atom stereocenters. The zero-order valence-electron chi connectivity index (χ0n) is 12.7. The van der Waals surface area contributed by atoms with Crippen molar-refractivity contribution in [2.75, 3.05) is 11.1 Å². The third-order valence-electron chi connectivity index (χ3n) is 3.05. The monoisotopic (exact) mass is 409 g/mol. The summed E-state index contributed by atoms with van der Waals surface area (Å²) < 4.78 is 0.689. The summed E-state index contributed by atoms with van der Waals surface area (Å²) in [7, 11) is 0. The number of hydrogen-bond acceptors (Lipinski definition) is 6. The van der Waals surface area contributed by atoms with Crippen LogP contribution in [0.3, 0.4) is 0 Å². The van der Waals surface area contributed by atoms with Crippen molar-refractivity contribution < 1.29 is 9.59 Å². The lowest BCUT2D eigenvalue weighted by Gasteiger charge is -2.07. The number of amides is 2. The van der Waals surface area contributed by atoms with E-state index in [0.717, 1.165) is 10.6 Å². The fraction of sp³-hybridized carbons (Fsp3) is 0.0625. The summed E-state index contributed by atoms with van der Waals surface area (Å²) in [4.78, 5) is 29.6. The van der Waals surface area contributed by atoms with E-state index >= 15 is 0 Å². The van der Waals surface area contributed by atoms with Gasteiger partial charge in [0.05, 0.1) is 26.2 Å². The van der Waals surface area contributed by atoms with Crippen LogP contribution in [0.25, 0.3) is 10.6 Å². The van der Waals surface area contributed by atoms with Crippen molar-refractivity contribution in [2.45, 2.75) is 4.90 Å². The maximum absolute atomic E-state index is 12.5. The van der Waals surface area contributed by atoms with Crippen LogP contribution >= 0.6 is 46.0 Å². The number of nitrogens with one attached hydrogen (secondary N) is 1. The van der Waals surface area contributed by atoms with Gasteiger partial charge in [0.25, 0.3) is 5.91 Å². The van der Waals surface area contributed by atoms with Crippen LogP contribution in [0, 0.1) is 0 Å². The van der Waals surface area contributed by atoms with Crippen molar-refractivity contribution in [1.82, 2.24) is 4.98 Å². The molecule has 2 aromatic heterocycles. The Morgan fingerprint density at radius 3 is 2.76 bits per heavy atom. The molecule has 25 heavy (non-hydrogen) atoms. The number of thiophene rings is 1. The maximum atomic E-state index is 12.5. The predicted octanol–water partition coefficient (Wildman–Crippen LogP) is 4.35. The van der Waals surface area contributed by atoms with Crippen molar-refractivity contribution in [3.63, 3.8) is 0 Å². The molecule has 0 unspecified atom stereocenters. The molecule has 3 N–H and O–H groups in total. The summed E-state index contributed by atoms with van der Waals surface area (Å²) in [5, 5.41) is 5.16. The first-order valence-electron chi connectivity index (χ1n) is 7.05. The minimum Gasteiger partial charge on any atom is -0.369 e. The topological polar surface area (TPSA) is 85.1 Å². The lowest BCUT2D eigenvalue weighted by Crippen LogP contribution is -2.15. The molecule has 1 aromatic carbocycles. The molecule has 128 valence electrons. The molecule has 0 fully saturated rings. The second kappa shape index (κ2) is 8.01. The number of benzene rings is 1. The largest absolute Gasteiger partial charge is 0.369 e. The smallest absolute Gasteiger partial charge is 0.258 e. The zero-order valence-corrected chi connectivity index (χ0v) is 15.9. The van der Waals surface area contributed by atoms with Gasteiger partial charge in [0.2, 0.25) is 5.91 Å². The molecule has 3 rings (SSSR count). The molecule has 0 saturated heterocycles. The summed E-state index contributed by atoms with van der Waals surface area (Å²) in [6, 6.07) is 10.8.